The predicted octanol–water partition coefficient (Wildman–Crippen LogP) is 2.80. The highest BCUT2D eigenvalue weighted by Gasteiger charge is 2.21. The van der Waals surface area contributed by atoms with Crippen LogP contribution in [-0.4, -0.2) is 20.6 Å². The lowest BCUT2D eigenvalue weighted by Crippen LogP contribution is -1.97. The fourth-order valence-corrected chi connectivity index (χ4v) is 1.92. The number of aromatic nitrogens is 2. The van der Waals surface area contributed by atoms with Crippen LogP contribution < -0.4 is 0 Å². The first kappa shape index (κ1) is 11.5. The molecule has 8 heteroatoms. The summed E-state index contributed by atoms with van der Waals surface area (Å²) in [5, 5.41) is 10.3. The van der Waals surface area contributed by atoms with Gasteiger partial charge < -0.3 is 0 Å². The SMILES string of the molecule is CCSc1nc(Cl)c([N+](=O)[O-])c(Cl)n1. The molecule has 0 N–H and O–H groups in total. The van der Waals surface area contributed by atoms with Crippen molar-refractivity contribution in [2.45, 2.75) is 12.1 Å². The molecule has 5 nitrogen and oxygen atoms in total. The average Bonchev–Trinajstić information content (AvgIpc) is 2.01. The molecule has 0 amide bonds. The van der Waals surface area contributed by atoms with Crippen molar-refractivity contribution in [2.75, 3.05) is 5.75 Å². The number of hydrogen-bond acceptors (Lipinski definition) is 5. The van der Waals surface area contributed by atoms with E-state index in [1.54, 1.807) is 0 Å². The highest BCUT2D eigenvalue weighted by atomic mass is 35.5. The molecule has 0 atom stereocenters. The van der Waals surface area contributed by atoms with Crippen molar-refractivity contribution in [3.05, 3.63) is 20.4 Å². The third kappa shape index (κ3) is 2.46. The summed E-state index contributed by atoms with van der Waals surface area (Å²) in [6.45, 7) is 1.90. The van der Waals surface area contributed by atoms with Crippen LogP contribution in [-0.2, 0) is 0 Å². The van der Waals surface area contributed by atoms with E-state index in [1.165, 1.54) is 11.8 Å². The Balaban J connectivity index is 3.18. The molecule has 0 unspecified atom stereocenters. The van der Waals surface area contributed by atoms with Crippen LogP contribution in [0.4, 0.5) is 5.69 Å². The van der Waals surface area contributed by atoms with Crippen molar-refractivity contribution in [3.63, 3.8) is 0 Å². The van der Waals surface area contributed by atoms with Gasteiger partial charge in [0.25, 0.3) is 0 Å². The van der Waals surface area contributed by atoms with Crippen LogP contribution in [0.25, 0.3) is 0 Å². The molecule has 14 heavy (non-hydrogen) atoms. The maximum Gasteiger partial charge on any atom is 0.343 e. The summed E-state index contributed by atoms with van der Waals surface area (Å²) in [5.74, 6) is 0.741. The summed E-state index contributed by atoms with van der Waals surface area (Å²) in [7, 11) is 0. The first-order chi connectivity index (χ1) is 6.56. The van der Waals surface area contributed by atoms with E-state index in [4.69, 9.17) is 23.2 Å². The van der Waals surface area contributed by atoms with Gasteiger partial charge in [-0.25, -0.2) is 9.97 Å². The van der Waals surface area contributed by atoms with Crippen molar-refractivity contribution in [2.24, 2.45) is 0 Å². The number of nitro groups is 1. The summed E-state index contributed by atoms with van der Waals surface area (Å²) in [6, 6.07) is 0. The molecule has 1 heterocycles. The Hall–Kier alpha value is -0.590. The molecule has 0 saturated heterocycles. The van der Waals surface area contributed by atoms with E-state index in [2.05, 4.69) is 9.97 Å². The van der Waals surface area contributed by atoms with Crippen molar-refractivity contribution in [1.29, 1.82) is 0 Å². The van der Waals surface area contributed by atoms with Crippen LogP contribution in [0, 0.1) is 10.1 Å². The second-order valence-electron chi connectivity index (χ2n) is 2.13. The van der Waals surface area contributed by atoms with E-state index in [0.717, 1.165) is 5.75 Å². The average molecular weight is 254 g/mol. The first-order valence-corrected chi connectivity index (χ1v) is 5.30. The Kier molecular flexibility index (Phi) is 3.91. The number of thioether (sulfide) groups is 1. The summed E-state index contributed by atoms with van der Waals surface area (Å²) < 4.78 is 0. The monoisotopic (exact) mass is 253 g/mol. The van der Waals surface area contributed by atoms with Gasteiger partial charge in [0.05, 0.1) is 4.92 Å². The van der Waals surface area contributed by atoms with E-state index >= 15 is 0 Å². The second kappa shape index (κ2) is 4.77. The molecule has 1 rings (SSSR count). The van der Waals surface area contributed by atoms with Gasteiger partial charge in [-0.05, 0) is 5.75 Å². The molecular formula is C6H5Cl2N3O2S. The molecule has 0 saturated carbocycles. The van der Waals surface area contributed by atoms with Crippen molar-refractivity contribution < 1.29 is 4.92 Å². The Morgan fingerprint density at radius 1 is 1.43 bits per heavy atom. The van der Waals surface area contributed by atoms with Gasteiger partial charge in [0.1, 0.15) is 0 Å². The van der Waals surface area contributed by atoms with Gasteiger partial charge in [-0.2, -0.15) is 0 Å². The number of nitrogens with zero attached hydrogens (tertiary/aromatic N) is 3. The smallest absolute Gasteiger partial charge is 0.258 e. The minimum Gasteiger partial charge on any atom is -0.258 e. The van der Waals surface area contributed by atoms with Crippen molar-refractivity contribution in [3.8, 4) is 0 Å². The molecule has 0 bridgehead atoms. The number of halogens is 2. The molecule has 1 aromatic heterocycles. The molecule has 0 aliphatic carbocycles. The van der Waals surface area contributed by atoms with Crippen LogP contribution in [0.3, 0.4) is 0 Å². The van der Waals surface area contributed by atoms with Gasteiger partial charge in [0.15, 0.2) is 5.16 Å². The quantitative estimate of drug-likeness (QED) is 0.273. The van der Waals surface area contributed by atoms with E-state index in [0.29, 0.717) is 5.16 Å². The lowest BCUT2D eigenvalue weighted by Gasteiger charge is -1.99. The zero-order valence-corrected chi connectivity index (χ0v) is 9.36. The van der Waals surface area contributed by atoms with Crippen molar-refractivity contribution >= 4 is 40.7 Å². The third-order valence-electron chi connectivity index (χ3n) is 1.23. The highest BCUT2D eigenvalue weighted by Crippen LogP contribution is 2.31. The van der Waals surface area contributed by atoms with Crippen LogP contribution in [0.5, 0.6) is 0 Å². The van der Waals surface area contributed by atoms with Gasteiger partial charge in [-0.15, -0.1) is 0 Å². The van der Waals surface area contributed by atoms with E-state index in [9.17, 15) is 10.1 Å². The second-order valence-corrected chi connectivity index (χ2v) is 4.07. The maximum absolute atomic E-state index is 10.5. The summed E-state index contributed by atoms with van der Waals surface area (Å²) >= 11 is 12.5. The molecular weight excluding hydrogens is 249 g/mol. The third-order valence-corrected chi connectivity index (χ3v) is 2.49. The van der Waals surface area contributed by atoms with E-state index < -0.39 is 10.6 Å². The van der Waals surface area contributed by atoms with E-state index in [-0.39, 0.29) is 10.3 Å². The summed E-state index contributed by atoms with van der Waals surface area (Å²) in [5.41, 5.74) is -0.450. The molecule has 0 aromatic carbocycles. The first-order valence-electron chi connectivity index (χ1n) is 3.56. The van der Waals surface area contributed by atoms with Crippen molar-refractivity contribution in [1.82, 2.24) is 9.97 Å². The molecule has 0 spiro atoms. The maximum atomic E-state index is 10.5. The highest BCUT2D eigenvalue weighted by molar-refractivity contribution is 7.99. The lowest BCUT2D eigenvalue weighted by atomic mass is 10.5. The minimum absolute atomic E-state index is 0.231. The fraction of sp³-hybridized carbons (Fsp3) is 0.333. The van der Waals surface area contributed by atoms with Crippen LogP contribution in [0.1, 0.15) is 6.92 Å². The lowest BCUT2D eigenvalue weighted by molar-refractivity contribution is -0.385. The Bertz CT molecular complexity index is 351. The predicted molar refractivity (Wildman–Crippen MR) is 55.1 cm³/mol. The van der Waals surface area contributed by atoms with Gasteiger partial charge >= 0.3 is 5.69 Å². The van der Waals surface area contributed by atoms with Gasteiger partial charge in [0, 0.05) is 0 Å². The van der Waals surface area contributed by atoms with Crippen LogP contribution in [0.2, 0.25) is 10.3 Å². The summed E-state index contributed by atoms with van der Waals surface area (Å²) in [4.78, 5) is 17.2. The standard InChI is InChI=1S/C6H5Cl2N3O2S/c1-2-14-6-9-4(7)3(11(12)13)5(8)10-6/h2H2,1H3. The zero-order valence-electron chi connectivity index (χ0n) is 7.03. The Labute approximate surface area is 94.0 Å². The molecule has 0 aliphatic rings. The number of rotatable bonds is 3. The van der Waals surface area contributed by atoms with Crippen LogP contribution in [0.15, 0.2) is 5.16 Å². The molecule has 0 radical (unpaired) electrons. The Morgan fingerprint density at radius 3 is 2.29 bits per heavy atom. The van der Waals surface area contributed by atoms with Gasteiger partial charge in [-0.3, -0.25) is 10.1 Å². The molecule has 0 fully saturated rings. The normalized spacial score (nSPS) is 10.2. The molecule has 76 valence electrons. The minimum atomic E-state index is -0.703. The topological polar surface area (TPSA) is 68.9 Å². The summed E-state index contributed by atoms with van der Waals surface area (Å²) in [6.07, 6.45) is 0. The molecule has 0 aliphatic heterocycles. The largest absolute Gasteiger partial charge is 0.343 e. The van der Waals surface area contributed by atoms with E-state index in [1.807, 2.05) is 6.92 Å². The Morgan fingerprint density at radius 2 is 1.93 bits per heavy atom. The fourth-order valence-electron chi connectivity index (χ4n) is 0.728. The van der Waals surface area contributed by atoms with Crippen LogP contribution >= 0.6 is 35.0 Å². The van der Waals surface area contributed by atoms with Gasteiger partial charge in [-0.1, -0.05) is 41.9 Å². The molecule has 1 aromatic rings. The number of hydrogen-bond donors (Lipinski definition) is 0. The zero-order chi connectivity index (χ0) is 10.7. The van der Waals surface area contributed by atoms with Gasteiger partial charge in [0.2, 0.25) is 10.3 Å².